The lowest BCUT2D eigenvalue weighted by Crippen LogP contribution is -2.27. The lowest BCUT2D eigenvalue weighted by atomic mass is 10.1. The fourth-order valence-corrected chi connectivity index (χ4v) is 4.07. The van der Waals surface area contributed by atoms with E-state index in [1.165, 1.54) is 11.0 Å². The van der Waals surface area contributed by atoms with Crippen LogP contribution in [-0.2, 0) is 4.74 Å². The van der Waals surface area contributed by atoms with E-state index >= 15 is 0 Å². The maximum Gasteiger partial charge on any atom is 0.414 e. The summed E-state index contributed by atoms with van der Waals surface area (Å²) in [5.74, 6) is 1.70. The third kappa shape index (κ3) is 4.51. The highest BCUT2D eigenvalue weighted by Gasteiger charge is 2.32. The normalized spacial score (nSPS) is 19.8. The van der Waals surface area contributed by atoms with Crippen molar-refractivity contribution in [2.24, 2.45) is 5.10 Å². The number of hydrogen-bond donors (Lipinski definition) is 1. The Morgan fingerprint density at radius 2 is 2.14 bits per heavy atom. The van der Waals surface area contributed by atoms with E-state index in [4.69, 9.17) is 9.84 Å². The van der Waals surface area contributed by atoms with Crippen LogP contribution in [0.2, 0.25) is 0 Å². The van der Waals surface area contributed by atoms with Gasteiger partial charge in [0.05, 0.1) is 30.7 Å². The van der Waals surface area contributed by atoms with Crippen LogP contribution in [0.4, 0.5) is 14.9 Å². The molecule has 29 heavy (non-hydrogen) atoms. The number of halogens is 1. The first-order valence-electron chi connectivity index (χ1n) is 9.35. The Kier molecular flexibility index (Phi) is 5.96. The molecule has 0 aliphatic carbocycles. The lowest BCUT2D eigenvalue weighted by Gasteiger charge is -2.22. The Morgan fingerprint density at radius 1 is 1.31 bits per heavy atom. The van der Waals surface area contributed by atoms with Gasteiger partial charge in [0.2, 0.25) is 0 Å². The molecule has 1 atom stereocenters. The van der Waals surface area contributed by atoms with Gasteiger partial charge in [-0.2, -0.15) is 16.9 Å². The van der Waals surface area contributed by atoms with Crippen molar-refractivity contribution >= 4 is 29.8 Å². The van der Waals surface area contributed by atoms with Gasteiger partial charge in [-0.3, -0.25) is 14.9 Å². The van der Waals surface area contributed by atoms with Crippen LogP contribution >= 0.6 is 11.8 Å². The minimum atomic E-state index is -0.590. The maximum atomic E-state index is 14.7. The molecule has 9 heteroatoms. The van der Waals surface area contributed by atoms with Crippen molar-refractivity contribution in [1.29, 1.82) is 0 Å². The first-order chi connectivity index (χ1) is 14.1. The zero-order valence-corrected chi connectivity index (χ0v) is 16.5. The molecule has 2 saturated heterocycles. The molecule has 0 spiro atoms. The molecule has 2 aliphatic heterocycles. The third-order valence-electron chi connectivity index (χ3n) is 4.78. The average molecular weight is 416 g/mol. The molecule has 2 fully saturated rings. The Labute approximate surface area is 172 Å². The molecular weight excluding hydrogens is 395 g/mol. The van der Waals surface area contributed by atoms with Crippen molar-refractivity contribution in [2.75, 3.05) is 42.6 Å². The number of pyridine rings is 1. The number of thioether (sulfide) groups is 1. The SMILES string of the molecule is O=C1O[C@@H](CO)CN1c1ccc(-c2ccc(/C=N/N3CCSCC3)nc2)c(F)c1. The monoisotopic (exact) mass is 416 g/mol. The van der Waals surface area contributed by atoms with Gasteiger partial charge in [-0.05, 0) is 24.3 Å². The molecule has 3 heterocycles. The number of carbonyl (C=O) groups is 1. The van der Waals surface area contributed by atoms with Crippen LogP contribution in [0.1, 0.15) is 5.69 Å². The number of benzene rings is 1. The first-order valence-corrected chi connectivity index (χ1v) is 10.5. The van der Waals surface area contributed by atoms with Gasteiger partial charge in [-0.15, -0.1) is 0 Å². The molecule has 0 saturated carbocycles. The number of nitrogens with zero attached hydrogens (tertiary/aromatic N) is 4. The zero-order valence-electron chi connectivity index (χ0n) is 15.7. The molecule has 2 aliphatic rings. The molecule has 7 nitrogen and oxygen atoms in total. The smallest absolute Gasteiger partial charge is 0.414 e. The fraction of sp³-hybridized carbons (Fsp3) is 0.350. The van der Waals surface area contributed by atoms with Gasteiger partial charge < -0.3 is 9.84 Å². The standard InChI is InChI=1S/C20H21FN4O3S/c21-19-9-16(25-12-17(13-26)28-20(25)27)3-4-18(19)14-1-2-15(22-10-14)11-23-24-5-7-29-8-6-24/h1-4,9-11,17,26H,5-8,12-13H2/b23-11+/t17-/m1/s1. The van der Waals surface area contributed by atoms with E-state index in [9.17, 15) is 9.18 Å². The Balaban J connectivity index is 1.47. The number of amides is 1. The number of cyclic esters (lactones) is 1. The average Bonchev–Trinajstić information content (AvgIpc) is 3.14. The lowest BCUT2D eigenvalue weighted by molar-refractivity contribution is 0.0963. The number of anilines is 1. The number of aliphatic hydroxyl groups is 1. The fourth-order valence-electron chi connectivity index (χ4n) is 3.18. The number of aromatic nitrogens is 1. The summed E-state index contributed by atoms with van der Waals surface area (Å²) in [6.45, 7) is 1.79. The van der Waals surface area contributed by atoms with E-state index in [0.29, 0.717) is 22.5 Å². The van der Waals surface area contributed by atoms with Gasteiger partial charge in [0.15, 0.2) is 0 Å². The second kappa shape index (κ2) is 8.79. The summed E-state index contributed by atoms with van der Waals surface area (Å²) >= 11 is 1.93. The van der Waals surface area contributed by atoms with Crippen molar-refractivity contribution < 1.29 is 19.0 Å². The Hall–Kier alpha value is -2.65. The molecule has 1 aromatic heterocycles. The van der Waals surface area contributed by atoms with E-state index in [0.717, 1.165) is 24.6 Å². The van der Waals surface area contributed by atoms with E-state index in [1.54, 1.807) is 36.7 Å². The summed E-state index contributed by atoms with van der Waals surface area (Å²) in [4.78, 5) is 17.5. The van der Waals surface area contributed by atoms with Crippen molar-refractivity contribution in [1.82, 2.24) is 9.99 Å². The summed E-state index contributed by atoms with van der Waals surface area (Å²) in [6, 6.07) is 8.16. The van der Waals surface area contributed by atoms with Gasteiger partial charge in [0.25, 0.3) is 0 Å². The molecule has 1 amide bonds. The van der Waals surface area contributed by atoms with E-state index in [2.05, 4.69) is 10.1 Å². The van der Waals surface area contributed by atoms with Gasteiger partial charge in [0, 0.05) is 41.9 Å². The molecule has 0 radical (unpaired) electrons. The topological polar surface area (TPSA) is 78.3 Å². The highest BCUT2D eigenvalue weighted by atomic mass is 32.2. The number of hydrazone groups is 1. The summed E-state index contributed by atoms with van der Waals surface area (Å²) in [6.07, 6.45) is 2.15. The van der Waals surface area contributed by atoms with Crippen LogP contribution in [0.25, 0.3) is 11.1 Å². The minimum absolute atomic E-state index is 0.194. The summed E-state index contributed by atoms with van der Waals surface area (Å²) in [7, 11) is 0. The van der Waals surface area contributed by atoms with E-state index in [1.807, 2.05) is 16.8 Å². The van der Waals surface area contributed by atoms with Crippen molar-refractivity contribution in [3.8, 4) is 11.1 Å². The number of aliphatic hydroxyl groups excluding tert-OH is 1. The van der Waals surface area contributed by atoms with Crippen molar-refractivity contribution in [3.05, 3.63) is 48.0 Å². The van der Waals surface area contributed by atoms with Crippen LogP contribution in [0, 0.1) is 5.82 Å². The van der Waals surface area contributed by atoms with Crippen LogP contribution in [0.5, 0.6) is 0 Å². The molecular formula is C20H21FN4O3S. The predicted octanol–water partition coefficient (Wildman–Crippen LogP) is 2.59. The predicted molar refractivity (Wildman–Crippen MR) is 111 cm³/mol. The Bertz CT molecular complexity index is 903. The maximum absolute atomic E-state index is 14.7. The first kappa shape index (κ1) is 19.7. The number of carbonyl (C=O) groups excluding carboxylic acids is 1. The van der Waals surface area contributed by atoms with Crippen molar-refractivity contribution in [2.45, 2.75) is 6.10 Å². The molecule has 1 aromatic carbocycles. The van der Waals surface area contributed by atoms with Crippen LogP contribution in [0.3, 0.4) is 0 Å². The molecule has 0 unspecified atom stereocenters. The number of rotatable bonds is 5. The van der Waals surface area contributed by atoms with Crippen LogP contribution in [-0.4, -0.2) is 71.3 Å². The van der Waals surface area contributed by atoms with Crippen LogP contribution < -0.4 is 4.90 Å². The highest BCUT2D eigenvalue weighted by molar-refractivity contribution is 7.99. The summed E-state index contributed by atoms with van der Waals surface area (Å²) in [5.41, 5.74) is 2.13. The van der Waals surface area contributed by atoms with Gasteiger partial charge in [-0.1, -0.05) is 6.07 Å². The second-order valence-corrected chi connectivity index (χ2v) is 7.97. The summed E-state index contributed by atoms with van der Waals surface area (Å²) in [5, 5.41) is 15.6. The second-order valence-electron chi connectivity index (χ2n) is 6.75. The van der Waals surface area contributed by atoms with Gasteiger partial charge in [0.1, 0.15) is 11.9 Å². The largest absolute Gasteiger partial charge is 0.441 e. The summed E-state index contributed by atoms with van der Waals surface area (Å²) < 4.78 is 19.7. The van der Waals surface area contributed by atoms with Gasteiger partial charge in [-0.25, -0.2) is 9.18 Å². The molecule has 4 rings (SSSR count). The quantitative estimate of drug-likeness (QED) is 0.755. The third-order valence-corrected chi connectivity index (χ3v) is 5.72. The van der Waals surface area contributed by atoms with E-state index in [-0.39, 0.29) is 13.2 Å². The molecule has 2 aromatic rings. The molecule has 152 valence electrons. The Morgan fingerprint density at radius 3 is 2.79 bits per heavy atom. The zero-order chi connectivity index (χ0) is 20.2. The van der Waals surface area contributed by atoms with Crippen LogP contribution in [0.15, 0.2) is 41.6 Å². The van der Waals surface area contributed by atoms with Gasteiger partial charge >= 0.3 is 6.09 Å². The number of hydrogen-bond acceptors (Lipinski definition) is 7. The molecule has 1 N–H and O–H groups in total. The molecule has 0 bridgehead atoms. The van der Waals surface area contributed by atoms with Crippen molar-refractivity contribution in [3.63, 3.8) is 0 Å². The number of ether oxygens (including phenoxy) is 1. The minimum Gasteiger partial charge on any atom is -0.441 e. The highest BCUT2D eigenvalue weighted by Crippen LogP contribution is 2.28. The van der Waals surface area contributed by atoms with E-state index < -0.39 is 18.0 Å².